The fourth-order valence-electron chi connectivity index (χ4n) is 2.34. The Balaban J connectivity index is 1.75. The summed E-state index contributed by atoms with van der Waals surface area (Å²) in [7, 11) is -3.77. The summed E-state index contributed by atoms with van der Waals surface area (Å²) in [4.78, 5) is 19.3. The molecule has 0 saturated carbocycles. The van der Waals surface area contributed by atoms with Gasteiger partial charge >= 0.3 is 0 Å². The molecule has 8 heteroatoms. The number of sulfonamides is 1. The summed E-state index contributed by atoms with van der Waals surface area (Å²) >= 11 is 0. The van der Waals surface area contributed by atoms with E-state index >= 15 is 0 Å². The molecule has 0 unspecified atom stereocenters. The van der Waals surface area contributed by atoms with Crippen LogP contribution in [0.25, 0.3) is 0 Å². The van der Waals surface area contributed by atoms with E-state index in [2.05, 4.69) is 20.0 Å². The van der Waals surface area contributed by atoms with E-state index in [1.54, 1.807) is 30.3 Å². The van der Waals surface area contributed by atoms with Crippen LogP contribution >= 0.6 is 0 Å². The van der Waals surface area contributed by atoms with Gasteiger partial charge in [-0.1, -0.05) is 24.3 Å². The van der Waals surface area contributed by atoms with Crippen molar-refractivity contribution in [2.24, 2.45) is 0 Å². The van der Waals surface area contributed by atoms with Gasteiger partial charge in [-0.25, -0.2) is 18.1 Å². The molecule has 0 aliphatic carbocycles. The minimum atomic E-state index is -3.77. The summed E-state index contributed by atoms with van der Waals surface area (Å²) < 4.78 is 27.5. The topological polar surface area (TPSA) is 104 Å². The van der Waals surface area contributed by atoms with E-state index in [-0.39, 0.29) is 22.9 Å². The quantitative estimate of drug-likeness (QED) is 0.620. The smallest absolute Gasteiger partial charge is 0.255 e. The van der Waals surface area contributed by atoms with Gasteiger partial charge in [0.25, 0.3) is 5.91 Å². The van der Waals surface area contributed by atoms with Crippen molar-refractivity contribution in [3.63, 3.8) is 0 Å². The number of nitrogens with zero attached hydrogens (tertiary/aromatic N) is 1. The van der Waals surface area contributed by atoms with Crippen LogP contribution in [-0.4, -0.2) is 24.3 Å². The van der Waals surface area contributed by atoms with Gasteiger partial charge in [-0.05, 0) is 37.3 Å². The van der Waals surface area contributed by atoms with Crippen LogP contribution in [-0.2, 0) is 16.6 Å². The number of amides is 1. The van der Waals surface area contributed by atoms with E-state index in [1.807, 2.05) is 13.0 Å². The minimum Gasteiger partial charge on any atom is -0.348 e. The van der Waals surface area contributed by atoms with Crippen LogP contribution in [0.5, 0.6) is 0 Å². The Bertz CT molecular complexity index is 1010. The van der Waals surface area contributed by atoms with Gasteiger partial charge in [0.2, 0.25) is 10.0 Å². The van der Waals surface area contributed by atoms with E-state index in [9.17, 15) is 13.2 Å². The molecule has 26 heavy (non-hydrogen) atoms. The van der Waals surface area contributed by atoms with Crippen LogP contribution in [0.15, 0.2) is 65.8 Å². The lowest BCUT2D eigenvalue weighted by molar-refractivity contribution is 0.102. The standard InChI is InChI=1S/C18H18N4O3S/c1-13-17(20-12-19-13)11-21-26(24,25)16-9-5-6-14(10-16)18(23)22-15-7-3-2-4-8-15/h2-10,12,21H,11H2,1H3,(H,19,20)(H,22,23). The molecule has 0 aliphatic rings. The molecule has 3 rings (SSSR count). The highest BCUT2D eigenvalue weighted by Crippen LogP contribution is 2.14. The lowest BCUT2D eigenvalue weighted by atomic mass is 10.2. The fraction of sp³-hybridized carbons (Fsp3) is 0.111. The number of para-hydroxylation sites is 1. The summed E-state index contributed by atoms with van der Waals surface area (Å²) in [5, 5.41) is 2.73. The van der Waals surface area contributed by atoms with Crippen molar-refractivity contribution in [2.75, 3.05) is 5.32 Å². The van der Waals surface area contributed by atoms with E-state index in [0.29, 0.717) is 11.4 Å². The number of carbonyl (C=O) groups excluding carboxylic acids is 1. The molecular formula is C18H18N4O3S. The van der Waals surface area contributed by atoms with Crippen LogP contribution in [0.4, 0.5) is 5.69 Å². The number of H-pyrrole nitrogens is 1. The highest BCUT2D eigenvalue weighted by Gasteiger charge is 2.17. The molecule has 2 aromatic carbocycles. The van der Waals surface area contributed by atoms with Crippen LogP contribution in [0.3, 0.4) is 0 Å². The van der Waals surface area contributed by atoms with Crippen molar-refractivity contribution < 1.29 is 13.2 Å². The zero-order valence-corrected chi connectivity index (χ0v) is 14.9. The lowest BCUT2D eigenvalue weighted by Crippen LogP contribution is -2.24. The molecule has 0 radical (unpaired) electrons. The highest BCUT2D eigenvalue weighted by molar-refractivity contribution is 7.89. The zero-order valence-electron chi connectivity index (χ0n) is 14.1. The summed E-state index contributed by atoms with van der Waals surface area (Å²) in [6.45, 7) is 1.88. The van der Waals surface area contributed by atoms with E-state index in [1.165, 1.54) is 24.5 Å². The van der Waals surface area contributed by atoms with Gasteiger partial charge in [-0.15, -0.1) is 0 Å². The van der Waals surface area contributed by atoms with Gasteiger partial charge in [0.15, 0.2) is 0 Å². The van der Waals surface area contributed by atoms with Crippen LogP contribution < -0.4 is 10.0 Å². The monoisotopic (exact) mass is 370 g/mol. The second-order valence-corrected chi connectivity index (χ2v) is 7.41. The maximum absolute atomic E-state index is 12.5. The molecule has 7 nitrogen and oxygen atoms in total. The van der Waals surface area contributed by atoms with Gasteiger partial charge in [0.05, 0.1) is 23.5 Å². The van der Waals surface area contributed by atoms with E-state index in [0.717, 1.165) is 5.69 Å². The molecule has 134 valence electrons. The number of nitrogens with one attached hydrogen (secondary N) is 3. The largest absolute Gasteiger partial charge is 0.348 e. The number of aromatic amines is 1. The molecule has 0 fully saturated rings. The second-order valence-electron chi connectivity index (χ2n) is 5.65. The molecule has 0 aliphatic heterocycles. The number of carbonyl (C=O) groups is 1. The SMILES string of the molecule is Cc1[nH]cnc1CNS(=O)(=O)c1cccc(C(=O)Nc2ccccc2)c1. The van der Waals surface area contributed by atoms with Gasteiger partial charge in [-0.2, -0.15) is 0 Å². The Kier molecular flexibility index (Phi) is 5.15. The first-order valence-corrected chi connectivity index (χ1v) is 9.39. The van der Waals surface area contributed by atoms with Crippen molar-refractivity contribution in [1.82, 2.24) is 14.7 Å². The molecule has 1 heterocycles. The number of benzene rings is 2. The van der Waals surface area contributed by atoms with Crippen molar-refractivity contribution in [3.05, 3.63) is 77.9 Å². The maximum atomic E-state index is 12.5. The molecule has 3 N–H and O–H groups in total. The summed E-state index contributed by atoms with van der Waals surface area (Å²) in [6, 6.07) is 14.9. The molecule has 3 aromatic rings. The first kappa shape index (κ1) is 17.8. The van der Waals surface area contributed by atoms with Crippen molar-refractivity contribution in [1.29, 1.82) is 0 Å². The Morgan fingerprint density at radius 2 is 1.88 bits per heavy atom. The van der Waals surface area contributed by atoms with Gasteiger partial charge in [0.1, 0.15) is 0 Å². The van der Waals surface area contributed by atoms with Crippen molar-refractivity contribution in [3.8, 4) is 0 Å². The third kappa shape index (κ3) is 4.16. The zero-order chi connectivity index (χ0) is 18.6. The third-order valence-corrected chi connectivity index (χ3v) is 5.20. The first-order chi connectivity index (χ1) is 12.5. The number of aryl methyl sites for hydroxylation is 1. The third-order valence-electron chi connectivity index (χ3n) is 3.80. The summed E-state index contributed by atoms with van der Waals surface area (Å²) in [6.07, 6.45) is 1.51. The fourth-order valence-corrected chi connectivity index (χ4v) is 3.37. The van der Waals surface area contributed by atoms with Gasteiger partial charge in [0, 0.05) is 16.9 Å². The molecule has 1 amide bonds. The Labute approximate surface area is 151 Å². The predicted octanol–water partition coefficient (Wildman–Crippen LogP) is 2.45. The molecular weight excluding hydrogens is 352 g/mol. The number of hydrogen-bond donors (Lipinski definition) is 3. The van der Waals surface area contributed by atoms with Crippen LogP contribution in [0.2, 0.25) is 0 Å². The highest BCUT2D eigenvalue weighted by atomic mass is 32.2. The van der Waals surface area contributed by atoms with Gasteiger partial charge < -0.3 is 10.3 Å². The van der Waals surface area contributed by atoms with E-state index in [4.69, 9.17) is 0 Å². The number of hydrogen-bond acceptors (Lipinski definition) is 4. The minimum absolute atomic E-state index is 0.0198. The second kappa shape index (κ2) is 7.51. The average molecular weight is 370 g/mol. The summed E-state index contributed by atoms with van der Waals surface area (Å²) in [5.41, 5.74) is 2.31. The number of rotatable bonds is 6. The number of aromatic nitrogens is 2. The normalized spacial score (nSPS) is 11.3. The first-order valence-electron chi connectivity index (χ1n) is 7.91. The Hall–Kier alpha value is -2.97. The molecule has 0 spiro atoms. The maximum Gasteiger partial charge on any atom is 0.255 e. The number of anilines is 1. The van der Waals surface area contributed by atoms with Crippen molar-refractivity contribution in [2.45, 2.75) is 18.4 Å². The Morgan fingerprint density at radius 3 is 2.58 bits per heavy atom. The average Bonchev–Trinajstić information content (AvgIpc) is 3.06. The predicted molar refractivity (Wildman–Crippen MR) is 98.2 cm³/mol. The molecule has 0 bridgehead atoms. The van der Waals surface area contributed by atoms with Crippen LogP contribution in [0.1, 0.15) is 21.7 Å². The Morgan fingerprint density at radius 1 is 1.12 bits per heavy atom. The molecule has 0 atom stereocenters. The van der Waals surface area contributed by atoms with Gasteiger partial charge in [-0.3, -0.25) is 4.79 Å². The number of imidazole rings is 1. The lowest BCUT2D eigenvalue weighted by Gasteiger charge is -2.09. The van der Waals surface area contributed by atoms with Crippen molar-refractivity contribution >= 4 is 21.6 Å². The van der Waals surface area contributed by atoms with Crippen LogP contribution in [0, 0.1) is 6.92 Å². The molecule has 1 aromatic heterocycles. The molecule has 0 saturated heterocycles. The van der Waals surface area contributed by atoms with E-state index < -0.39 is 10.0 Å². The summed E-state index contributed by atoms with van der Waals surface area (Å²) in [5.74, 6) is -0.378.